The first-order valence-corrected chi connectivity index (χ1v) is 8.14. The summed E-state index contributed by atoms with van der Waals surface area (Å²) < 4.78 is 0. The number of aromatic carboxylic acids is 2. The van der Waals surface area contributed by atoms with Crippen LogP contribution in [-0.4, -0.2) is 44.7 Å². The van der Waals surface area contributed by atoms with E-state index in [1.165, 1.54) is 24.8 Å². The van der Waals surface area contributed by atoms with Crippen molar-refractivity contribution < 1.29 is 79.0 Å². The van der Waals surface area contributed by atoms with Crippen LogP contribution in [0, 0.1) is 0 Å². The summed E-state index contributed by atoms with van der Waals surface area (Å²) in [5, 5.41) is 20.4. The SMILES string of the molecule is NC(=O)c1ccncc1.NC(=O)c1ccncc1.O.O.O=C([O-])c1ccc(C(=O)[O-])cc1.[Co+2].[OH3+].[OH3+].[OH3+].[OH3+]. The molecule has 209 valence electrons. The van der Waals surface area contributed by atoms with E-state index in [9.17, 15) is 29.4 Å². The zero-order valence-corrected chi connectivity index (χ0v) is 20.1. The van der Waals surface area contributed by atoms with Gasteiger partial charge in [-0.05, 0) is 35.4 Å². The minimum absolute atomic E-state index is 0. The molecule has 37 heavy (non-hydrogen) atoms. The molecule has 16 nitrogen and oxygen atoms in total. The zero-order valence-electron chi connectivity index (χ0n) is 19.1. The van der Waals surface area contributed by atoms with Crippen molar-refractivity contribution in [3.8, 4) is 0 Å². The molecule has 0 saturated carbocycles. The number of nitrogens with zero attached hydrogens (tertiary/aromatic N) is 2. The van der Waals surface area contributed by atoms with Crippen molar-refractivity contribution in [3.63, 3.8) is 0 Å². The fraction of sp³-hybridized carbons (Fsp3) is 0. The smallest absolute Gasteiger partial charge is 0.545 e. The Morgan fingerprint density at radius 2 is 0.730 bits per heavy atom. The van der Waals surface area contributed by atoms with E-state index >= 15 is 0 Å². The Kier molecular flexibility index (Phi) is 35.3. The third kappa shape index (κ3) is 19.6. The number of hydrogen-bond donors (Lipinski definition) is 2. The van der Waals surface area contributed by atoms with Gasteiger partial charge >= 0.3 is 16.8 Å². The summed E-state index contributed by atoms with van der Waals surface area (Å²) in [7, 11) is 0. The van der Waals surface area contributed by atoms with Crippen LogP contribution in [0.5, 0.6) is 0 Å². The third-order valence-electron chi connectivity index (χ3n) is 3.29. The summed E-state index contributed by atoms with van der Waals surface area (Å²) in [6.45, 7) is 0. The molecule has 0 bridgehead atoms. The molecule has 1 aromatic carbocycles. The molecule has 3 rings (SSSR count). The molecular weight excluding hydrogens is 547 g/mol. The number of hydrogen-bond acceptors (Lipinski definition) is 8. The fourth-order valence-corrected chi connectivity index (χ4v) is 1.77. The number of carboxylic acids is 2. The summed E-state index contributed by atoms with van der Waals surface area (Å²) >= 11 is 0. The molecule has 3 aromatic rings. The van der Waals surface area contributed by atoms with Crippen molar-refractivity contribution in [2.45, 2.75) is 0 Å². The van der Waals surface area contributed by atoms with Gasteiger partial charge in [0.2, 0.25) is 11.8 Å². The first-order chi connectivity index (χ1) is 14.2. The van der Waals surface area contributed by atoms with Crippen LogP contribution in [0.15, 0.2) is 73.3 Å². The van der Waals surface area contributed by atoms with E-state index in [0.717, 1.165) is 24.3 Å². The normalized spacial score (nSPS) is 7.35. The number of aromatic nitrogens is 2. The maximum Gasteiger partial charge on any atom is 2.00 e. The molecule has 2 amide bonds. The summed E-state index contributed by atoms with van der Waals surface area (Å²) in [6.07, 6.45) is 6.11. The number of amides is 2. The van der Waals surface area contributed by atoms with Crippen molar-refractivity contribution in [1.82, 2.24) is 9.97 Å². The standard InChI is InChI=1S/C8H6O4.2C6H6N2O.Co.6H2O/c9-7(10)5-1-2-6(4-3-5)8(11)12;2*7-6(9)5-1-3-8-4-2-5;;;;;;;/h1-4H,(H,9,10)(H,11,12);2*1-4H,(H2,7,9);;6*1H2/q;;;+2;;;;;;/p+2. The van der Waals surface area contributed by atoms with Crippen LogP contribution in [-0.2, 0) is 38.7 Å². The summed E-state index contributed by atoms with van der Waals surface area (Å²) in [4.78, 5) is 48.6. The Balaban J connectivity index is -0.0000000674. The summed E-state index contributed by atoms with van der Waals surface area (Å²) in [5.41, 5.74) is 10.8. The van der Waals surface area contributed by atoms with Crippen molar-refractivity contribution in [2.24, 2.45) is 11.5 Å². The van der Waals surface area contributed by atoms with Crippen molar-refractivity contribution in [1.29, 1.82) is 0 Å². The maximum atomic E-state index is 10.4. The first-order valence-electron chi connectivity index (χ1n) is 8.14. The van der Waals surface area contributed by atoms with Gasteiger partial charge < -0.3 is 64.1 Å². The van der Waals surface area contributed by atoms with Gasteiger partial charge in [-0.15, -0.1) is 0 Å². The molecule has 1 radical (unpaired) electrons. The number of nitrogens with two attached hydrogens (primary N) is 2. The average molecular weight is 579 g/mol. The van der Waals surface area contributed by atoms with Gasteiger partial charge in [0.1, 0.15) is 0 Å². The second-order valence-electron chi connectivity index (χ2n) is 5.35. The number of carbonyl (C=O) groups is 4. The van der Waals surface area contributed by atoms with E-state index in [-0.39, 0.29) is 60.8 Å². The molecule has 17 heteroatoms. The van der Waals surface area contributed by atoms with Gasteiger partial charge in [0.15, 0.2) is 0 Å². The van der Waals surface area contributed by atoms with E-state index < -0.39 is 23.8 Å². The molecule has 0 fully saturated rings. The van der Waals surface area contributed by atoms with Gasteiger partial charge in [-0.1, -0.05) is 24.3 Å². The van der Waals surface area contributed by atoms with Gasteiger partial charge in [-0.25, -0.2) is 0 Å². The van der Waals surface area contributed by atoms with E-state index in [1.807, 2.05) is 0 Å². The molecule has 20 N–H and O–H groups in total. The van der Waals surface area contributed by atoms with Crippen LogP contribution >= 0.6 is 0 Å². The van der Waals surface area contributed by atoms with Crippen molar-refractivity contribution >= 4 is 23.8 Å². The molecule has 2 aromatic heterocycles. The van der Waals surface area contributed by atoms with E-state index in [0.29, 0.717) is 11.1 Å². The van der Waals surface area contributed by atoms with Gasteiger partial charge in [0, 0.05) is 35.9 Å². The molecule has 0 aliphatic heterocycles. The zero-order chi connectivity index (χ0) is 22.5. The van der Waals surface area contributed by atoms with Crippen LogP contribution < -0.4 is 21.7 Å². The number of primary amides is 2. The van der Waals surface area contributed by atoms with Gasteiger partial charge in [0.25, 0.3) is 0 Å². The predicted octanol–water partition coefficient (Wildman–Crippen LogP) is -6.56. The quantitative estimate of drug-likeness (QED) is 0.279. The van der Waals surface area contributed by atoms with Gasteiger partial charge in [0.05, 0.1) is 11.9 Å². The average Bonchev–Trinajstić information content (AvgIpc) is 2.76. The maximum absolute atomic E-state index is 10.4. The van der Waals surface area contributed by atoms with Crippen molar-refractivity contribution in [2.75, 3.05) is 0 Å². The van der Waals surface area contributed by atoms with Crippen LogP contribution in [0.3, 0.4) is 0 Å². The Labute approximate surface area is 220 Å². The van der Waals surface area contributed by atoms with Crippen LogP contribution in [0.25, 0.3) is 0 Å². The van der Waals surface area contributed by atoms with E-state index in [4.69, 9.17) is 11.5 Å². The number of carbonyl (C=O) groups excluding carboxylic acids is 4. The van der Waals surface area contributed by atoms with Crippen LogP contribution in [0.2, 0.25) is 0 Å². The van der Waals surface area contributed by atoms with Crippen molar-refractivity contribution in [3.05, 3.63) is 95.6 Å². The number of benzene rings is 1. The molecular formula is C20H32CoN4O12+4. The molecule has 0 aliphatic rings. The molecule has 0 saturated heterocycles. The van der Waals surface area contributed by atoms with E-state index in [2.05, 4.69) is 9.97 Å². The van der Waals surface area contributed by atoms with Crippen LogP contribution in [0.1, 0.15) is 41.4 Å². The predicted molar refractivity (Wildman–Crippen MR) is 127 cm³/mol. The van der Waals surface area contributed by atoms with E-state index in [1.54, 1.807) is 24.3 Å². The summed E-state index contributed by atoms with van der Waals surface area (Å²) in [5.74, 6) is -3.51. The Hall–Kier alpha value is -4.33. The monoisotopic (exact) mass is 579 g/mol. The number of rotatable bonds is 4. The summed E-state index contributed by atoms with van der Waals surface area (Å²) in [6, 6.07) is 10.9. The third-order valence-corrected chi connectivity index (χ3v) is 3.29. The molecule has 0 spiro atoms. The minimum atomic E-state index is -1.33. The fourth-order valence-electron chi connectivity index (χ4n) is 1.77. The molecule has 2 heterocycles. The van der Waals surface area contributed by atoms with Gasteiger partial charge in [-0.2, -0.15) is 0 Å². The second-order valence-corrected chi connectivity index (χ2v) is 5.35. The first kappa shape index (κ1) is 49.7. The number of pyridine rings is 2. The second kappa shape index (κ2) is 26.3. The molecule has 0 atom stereocenters. The topological polar surface area (TPSA) is 387 Å². The Morgan fingerprint density at radius 3 is 0.865 bits per heavy atom. The Bertz CT molecular complexity index is 928. The minimum Gasteiger partial charge on any atom is -0.545 e. The molecule has 0 unspecified atom stereocenters. The molecule has 0 aliphatic carbocycles. The van der Waals surface area contributed by atoms with Gasteiger partial charge in [-0.3, -0.25) is 19.6 Å². The largest absolute Gasteiger partial charge is 2.00 e. The van der Waals surface area contributed by atoms with Crippen LogP contribution in [0.4, 0.5) is 0 Å². The Morgan fingerprint density at radius 1 is 0.514 bits per heavy atom. The number of carboxylic acid groups (broad SMARTS) is 2.